The molecule has 0 bridgehead atoms. The molecule has 0 aromatic heterocycles. The molecule has 1 amide bonds. The summed E-state index contributed by atoms with van der Waals surface area (Å²) in [6.07, 6.45) is 73.8. The van der Waals surface area contributed by atoms with E-state index in [2.05, 4.69) is 67.8 Å². The van der Waals surface area contributed by atoms with Gasteiger partial charge in [0.1, 0.15) is 0 Å². The minimum Gasteiger partial charge on any atom is -0.394 e. The molecule has 0 rings (SSSR count). The second kappa shape index (κ2) is 52.4. The fourth-order valence-electron chi connectivity index (χ4n) is 8.09. The van der Waals surface area contributed by atoms with Gasteiger partial charge in [0.2, 0.25) is 5.91 Å². The van der Waals surface area contributed by atoms with Crippen LogP contribution < -0.4 is 5.32 Å². The quantitative estimate of drug-likeness (QED) is 0.0422. The highest BCUT2D eigenvalue weighted by Gasteiger charge is 2.17. The van der Waals surface area contributed by atoms with E-state index in [1.54, 1.807) is 6.08 Å². The zero-order valence-electron chi connectivity index (χ0n) is 40.9. The number of carbonyl (C=O) groups excluding carboxylic acids is 1. The fourth-order valence-corrected chi connectivity index (χ4v) is 8.09. The van der Waals surface area contributed by atoms with E-state index in [-0.39, 0.29) is 12.5 Å². The molecule has 61 heavy (non-hydrogen) atoms. The average molecular weight is 852 g/mol. The summed E-state index contributed by atoms with van der Waals surface area (Å²) < 4.78 is 0. The monoisotopic (exact) mass is 852 g/mol. The van der Waals surface area contributed by atoms with Crippen LogP contribution in [-0.2, 0) is 4.79 Å². The van der Waals surface area contributed by atoms with Gasteiger partial charge >= 0.3 is 0 Å². The fraction of sp³-hybridized carbons (Fsp3) is 0.807. The first-order valence-electron chi connectivity index (χ1n) is 27.0. The van der Waals surface area contributed by atoms with Crippen LogP contribution in [0.2, 0.25) is 0 Å². The van der Waals surface area contributed by atoms with Gasteiger partial charge in [-0.1, -0.05) is 261 Å². The Labute approximate surface area is 381 Å². The second-order valence-corrected chi connectivity index (χ2v) is 18.3. The summed E-state index contributed by atoms with van der Waals surface area (Å²) in [7, 11) is 0. The number of hydrogen-bond donors (Lipinski definition) is 3. The lowest BCUT2D eigenvalue weighted by Crippen LogP contribution is -2.45. The van der Waals surface area contributed by atoms with Crippen molar-refractivity contribution in [2.75, 3.05) is 6.61 Å². The van der Waals surface area contributed by atoms with Crippen LogP contribution in [-0.4, -0.2) is 34.9 Å². The molecule has 0 aromatic carbocycles. The third-order valence-corrected chi connectivity index (χ3v) is 12.2. The Balaban J connectivity index is 3.55. The zero-order valence-corrected chi connectivity index (χ0v) is 40.9. The maximum atomic E-state index is 12.4. The first kappa shape index (κ1) is 59.1. The molecular formula is C57H105NO3. The molecule has 0 aliphatic rings. The SMILES string of the molecule is CCCCC/C=C\C/C=C\C/C=C\CCCCCCCCC(=O)NC(CO)C(O)/C=C/CC/C=C/CCCCCCCCCCCCCCCCCCCCCCCCCC. The van der Waals surface area contributed by atoms with E-state index in [9.17, 15) is 15.0 Å². The van der Waals surface area contributed by atoms with Crippen molar-refractivity contribution in [2.45, 2.75) is 289 Å². The number of allylic oxidation sites excluding steroid dienone is 9. The molecule has 0 saturated carbocycles. The van der Waals surface area contributed by atoms with Gasteiger partial charge in [-0.2, -0.15) is 0 Å². The van der Waals surface area contributed by atoms with Gasteiger partial charge in [0.15, 0.2) is 0 Å². The predicted octanol–water partition coefficient (Wildman–Crippen LogP) is 17.6. The smallest absolute Gasteiger partial charge is 0.220 e. The van der Waals surface area contributed by atoms with Gasteiger partial charge in [0.05, 0.1) is 18.8 Å². The number of aliphatic hydroxyl groups excluding tert-OH is 2. The minimum absolute atomic E-state index is 0.0858. The Morgan fingerprint density at radius 1 is 0.393 bits per heavy atom. The van der Waals surface area contributed by atoms with Gasteiger partial charge in [-0.15, -0.1) is 0 Å². The summed E-state index contributed by atoms with van der Waals surface area (Å²) in [5.74, 6) is -0.0858. The van der Waals surface area contributed by atoms with E-state index in [0.717, 1.165) is 57.8 Å². The highest BCUT2D eigenvalue weighted by molar-refractivity contribution is 5.76. The molecule has 0 aliphatic heterocycles. The summed E-state index contributed by atoms with van der Waals surface area (Å²) in [4.78, 5) is 12.4. The molecule has 3 N–H and O–H groups in total. The number of nitrogens with one attached hydrogen (secondary N) is 1. The molecule has 0 heterocycles. The minimum atomic E-state index is -0.871. The molecule has 0 spiro atoms. The molecule has 0 aliphatic carbocycles. The Morgan fingerprint density at radius 3 is 1.10 bits per heavy atom. The highest BCUT2D eigenvalue weighted by Crippen LogP contribution is 2.16. The molecule has 0 fully saturated rings. The van der Waals surface area contributed by atoms with Gasteiger partial charge in [-0.3, -0.25) is 4.79 Å². The lowest BCUT2D eigenvalue weighted by Gasteiger charge is -2.19. The van der Waals surface area contributed by atoms with Crippen LogP contribution in [0.5, 0.6) is 0 Å². The van der Waals surface area contributed by atoms with Crippen molar-refractivity contribution in [3.05, 3.63) is 60.8 Å². The van der Waals surface area contributed by atoms with Crippen LogP contribution in [0, 0.1) is 0 Å². The molecule has 4 heteroatoms. The summed E-state index contributed by atoms with van der Waals surface area (Å²) in [5, 5.41) is 23.1. The molecule has 0 saturated heterocycles. The first-order valence-corrected chi connectivity index (χ1v) is 27.0. The summed E-state index contributed by atoms with van der Waals surface area (Å²) in [6.45, 7) is 4.28. The van der Waals surface area contributed by atoms with E-state index < -0.39 is 12.1 Å². The average Bonchev–Trinajstić information content (AvgIpc) is 3.26. The maximum Gasteiger partial charge on any atom is 0.220 e. The zero-order chi connectivity index (χ0) is 44.2. The van der Waals surface area contributed by atoms with Crippen LogP contribution >= 0.6 is 0 Å². The summed E-state index contributed by atoms with van der Waals surface area (Å²) >= 11 is 0. The number of rotatable bonds is 49. The van der Waals surface area contributed by atoms with Crippen LogP contribution in [0.3, 0.4) is 0 Å². The number of aliphatic hydroxyl groups is 2. The molecule has 0 aromatic rings. The van der Waals surface area contributed by atoms with Crippen molar-refractivity contribution in [3.63, 3.8) is 0 Å². The van der Waals surface area contributed by atoms with Crippen LogP contribution in [0.25, 0.3) is 0 Å². The number of amides is 1. The number of unbranched alkanes of at least 4 members (excludes halogenated alkanes) is 34. The van der Waals surface area contributed by atoms with Crippen LogP contribution in [0.4, 0.5) is 0 Å². The Hall–Kier alpha value is -1.91. The lowest BCUT2D eigenvalue weighted by atomic mass is 10.0. The summed E-state index contributed by atoms with van der Waals surface area (Å²) in [6, 6.07) is -0.649. The Kier molecular flexibility index (Phi) is 50.8. The van der Waals surface area contributed by atoms with Gasteiger partial charge in [0.25, 0.3) is 0 Å². The Morgan fingerprint density at radius 2 is 0.689 bits per heavy atom. The topological polar surface area (TPSA) is 69.6 Å². The van der Waals surface area contributed by atoms with Gasteiger partial charge in [-0.25, -0.2) is 0 Å². The van der Waals surface area contributed by atoms with Crippen molar-refractivity contribution < 1.29 is 15.0 Å². The number of hydrogen-bond acceptors (Lipinski definition) is 3. The van der Waals surface area contributed by atoms with Gasteiger partial charge in [0, 0.05) is 6.42 Å². The molecule has 2 atom stereocenters. The maximum absolute atomic E-state index is 12.4. The predicted molar refractivity (Wildman–Crippen MR) is 271 cm³/mol. The summed E-state index contributed by atoms with van der Waals surface area (Å²) in [5.41, 5.74) is 0. The van der Waals surface area contributed by atoms with Crippen molar-refractivity contribution >= 4 is 5.91 Å². The van der Waals surface area contributed by atoms with E-state index in [4.69, 9.17) is 0 Å². The van der Waals surface area contributed by atoms with E-state index in [1.165, 1.54) is 199 Å². The third-order valence-electron chi connectivity index (χ3n) is 12.2. The second-order valence-electron chi connectivity index (χ2n) is 18.3. The van der Waals surface area contributed by atoms with E-state index in [1.807, 2.05) is 6.08 Å². The largest absolute Gasteiger partial charge is 0.394 e. The van der Waals surface area contributed by atoms with Crippen LogP contribution in [0.15, 0.2) is 60.8 Å². The van der Waals surface area contributed by atoms with Crippen molar-refractivity contribution in [1.82, 2.24) is 5.32 Å². The van der Waals surface area contributed by atoms with E-state index >= 15 is 0 Å². The van der Waals surface area contributed by atoms with Gasteiger partial charge < -0.3 is 15.5 Å². The lowest BCUT2D eigenvalue weighted by molar-refractivity contribution is -0.123. The molecule has 0 radical (unpaired) electrons. The van der Waals surface area contributed by atoms with Crippen LogP contribution in [0.1, 0.15) is 277 Å². The van der Waals surface area contributed by atoms with Crippen molar-refractivity contribution in [2.24, 2.45) is 0 Å². The Bertz CT molecular complexity index is 1010. The highest BCUT2D eigenvalue weighted by atomic mass is 16.3. The van der Waals surface area contributed by atoms with Crippen molar-refractivity contribution in [3.8, 4) is 0 Å². The first-order chi connectivity index (χ1) is 30.2. The molecule has 4 nitrogen and oxygen atoms in total. The van der Waals surface area contributed by atoms with Crippen molar-refractivity contribution in [1.29, 1.82) is 0 Å². The molecular weight excluding hydrogens is 747 g/mol. The van der Waals surface area contributed by atoms with E-state index in [0.29, 0.717) is 6.42 Å². The molecule has 356 valence electrons. The standard InChI is InChI=1S/C57H105NO3/c1-3-5-7-9-11-13-15-17-19-21-23-24-25-26-27-28-29-30-31-32-33-35-36-38-40-42-44-46-48-50-52-56(60)55(54-59)58-57(61)53-51-49-47-45-43-41-39-37-34-22-20-18-16-14-12-10-8-6-4-2/h12,14,18,20,34,37,42,44,50,52,55-56,59-60H,3-11,13,15-17,19,21-33,35-36,38-41,43,45-49,51,53-54H2,1-2H3,(H,58,61)/b14-12-,20-18-,37-34-,44-42+,52-50+. The molecule has 2 unspecified atom stereocenters. The third kappa shape index (κ3) is 49.0. The van der Waals surface area contributed by atoms with Gasteiger partial charge in [-0.05, 0) is 70.6 Å². The normalized spacial score (nSPS) is 13.3. The number of carbonyl (C=O) groups is 1.